The summed E-state index contributed by atoms with van der Waals surface area (Å²) in [6, 6.07) is 10.6. The molecule has 0 saturated carbocycles. The van der Waals surface area contributed by atoms with Crippen LogP contribution in [0.15, 0.2) is 42.7 Å². The Balaban J connectivity index is 1.39. The number of likely N-dealkylation sites (tertiary alicyclic amines) is 1. The first-order valence-corrected chi connectivity index (χ1v) is 10.1. The molecule has 6 heterocycles. The number of amides is 1. The summed E-state index contributed by atoms with van der Waals surface area (Å²) in [7, 11) is 0. The number of benzene rings is 1. The topological polar surface area (TPSA) is 54.9 Å². The number of fused-ring (bicyclic) bond motifs is 3. The van der Waals surface area contributed by atoms with Crippen molar-refractivity contribution >= 4 is 5.91 Å². The van der Waals surface area contributed by atoms with Gasteiger partial charge in [-0.15, -0.1) is 0 Å². The van der Waals surface area contributed by atoms with E-state index in [1.165, 1.54) is 18.4 Å². The smallest absolute Gasteiger partial charge is 0.254 e. The molecule has 6 heteroatoms. The van der Waals surface area contributed by atoms with Gasteiger partial charge in [0, 0.05) is 36.5 Å². The minimum atomic E-state index is 0.134. The van der Waals surface area contributed by atoms with Crippen LogP contribution in [0.3, 0.4) is 0 Å². The van der Waals surface area contributed by atoms with E-state index >= 15 is 0 Å². The van der Waals surface area contributed by atoms with Crippen LogP contribution >= 0.6 is 0 Å². The van der Waals surface area contributed by atoms with E-state index in [-0.39, 0.29) is 12.7 Å². The fourth-order valence-corrected chi connectivity index (χ4v) is 5.75. The summed E-state index contributed by atoms with van der Waals surface area (Å²) in [5.74, 6) is 2.67. The van der Waals surface area contributed by atoms with Crippen LogP contribution in [-0.4, -0.2) is 59.2 Å². The Hall–Kier alpha value is -2.60. The second-order valence-corrected chi connectivity index (χ2v) is 8.27. The minimum Gasteiger partial charge on any atom is -0.454 e. The first-order chi connectivity index (χ1) is 13.8. The van der Waals surface area contributed by atoms with Crippen LogP contribution in [0.4, 0.5) is 0 Å². The molecule has 0 radical (unpaired) electrons. The molecule has 2 aromatic rings. The average Bonchev–Trinajstić information content (AvgIpc) is 3.40. The molecule has 0 N–H and O–H groups in total. The first kappa shape index (κ1) is 16.4. The molecule has 7 rings (SSSR count). The van der Waals surface area contributed by atoms with Gasteiger partial charge in [0.05, 0.1) is 6.04 Å². The maximum absolute atomic E-state index is 13.4. The van der Waals surface area contributed by atoms with Crippen LogP contribution in [-0.2, 0) is 0 Å². The molecule has 1 amide bonds. The Morgan fingerprint density at radius 2 is 1.79 bits per heavy atom. The number of carbonyl (C=O) groups excluding carboxylic acids is 1. The standard InChI is InChI=1S/C22H23N3O3/c26-22(15-3-7-23-8-4-15)25-12-17(16-1-2-18-19(11-16)28-13-27-18)21-20(25)14-5-9-24(21)10-6-14/h1-4,7-8,11,14,17,20-21H,5-6,9-10,12-13H2/t17-,20+,21+/m1/s1. The number of carbonyl (C=O) groups is 1. The van der Waals surface area contributed by atoms with E-state index in [9.17, 15) is 4.79 Å². The van der Waals surface area contributed by atoms with Crippen LogP contribution in [0.5, 0.6) is 11.5 Å². The predicted molar refractivity (Wildman–Crippen MR) is 102 cm³/mol. The molecular weight excluding hydrogens is 354 g/mol. The van der Waals surface area contributed by atoms with E-state index in [1.54, 1.807) is 12.4 Å². The number of rotatable bonds is 2. The number of nitrogens with zero attached hydrogens (tertiary/aromatic N) is 3. The van der Waals surface area contributed by atoms with Gasteiger partial charge in [-0.2, -0.15) is 0 Å². The number of aromatic nitrogens is 1. The fraction of sp³-hybridized carbons (Fsp3) is 0.455. The molecule has 6 nitrogen and oxygen atoms in total. The normalized spacial score (nSPS) is 32.4. The molecule has 2 bridgehead atoms. The Bertz CT molecular complexity index is 910. The Labute approximate surface area is 164 Å². The van der Waals surface area contributed by atoms with E-state index in [0.717, 1.165) is 36.7 Å². The fourth-order valence-electron chi connectivity index (χ4n) is 5.75. The Morgan fingerprint density at radius 3 is 2.61 bits per heavy atom. The zero-order valence-corrected chi connectivity index (χ0v) is 15.7. The number of pyridine rings is 1. The van der Waals surface area contributed by atoms with E-state index in [4.69, 9.17) is 9.47 Å². The number of hydrogen-bond donors (Lipinski definition) is 0. The molecule has 4 saturated heterocycles. The third-order valence-corrected chi connectivity index (χ3v) is 7.01. The summed E-state index contributed by atoms with van der Waals surface area (Å²) < 4.78 is 11.1. The molecule has 4 fully saturated rings. The molecule has 0 aliphatic carbocycles. The van der Waals surface area contributed by atoms with Crippen molar-refractivity contribution in [3.63, 3.8) is 0 Å². The van der Waals surface area contributed by atoms with Crippen LogP contribution in [0, 0.1) is 5.92 Å². The van der Waals surface area contributed by atoms with Gasteiger partial charge in [0.2, 0.25) is 6.79 Å². The summed E-state index contributed by atoms with van der Waals surface area (Å²) in [5, 5.41) is 0. The van der Waals surface area contributed by atoms with Crippen molar-refractivity contribution in [3.05, 3.63) is 53.9 Å². The summed E-state index contributed by atoms with van der Waals surface area (Å²) >= 11 is 0. The lowest BCUT2D eigenvalue weighted by molar-refractivity contribution is -0.00341. The molecule has 28 heavy (non-hydrogen) atoms. The van der Waals surface area contributed by atoms with Crippen LogP contribution in [0.1, 0.15) is 34.7 Å². The van der Waals surface area contributed by atoms with Gasteiger partial charge in [-0.05, 0) is 61.7 Å². The highest BCUT2D eigenvalue weighted by molar-refractivity contribution is 5.94. The largest absolute Gasteiger partial charge is 0.454 e. The maximum atomic E-state index is 13.4. The predicted octanol–water partition coefficient (Wildman–Crippen LogP) is 2.51. The highest BCUT2D eigenvalue weighted by Gasteiger charge is 2.54. The molecule has 0 unspecified atom stereocenters. The second-order valence-electron chi connectivity index (χ2n) is 8.27. The van der Waals surface area contributed by atoms with E-state index < -0.39 is 0 Å². The van der Waals surface area contributed by atoms with Crippen molar-refractivity contribution in [3.8, 4) is 11.5 Å². The van der Waals surface area contributed by atoms with Gasteiger partial charge in [0.25, 0.3) is 5.91 Å². The van der Waals surface area contributed by atoms with Crippen molar-refractivity contribution < 1.29 is 14.3 Å². The quantitative estimate of drug-likeness (QED) is 0.805. The molecular formula is C22H23N3O3. The molecule has 3 atom stereocenters. The lowest BCUT2D eigenvalue weighted by atomic mass is 9.75. The zero-order valence-electron chi connectivity index (χ0n) is 15.7. The lowest BCUT2D eigenvalue weighted by Gasteiger charge is -2.51. The molecule has 5 aliphatic heterocycles. The van der Waals surface area contributed by atoms with Crippen LogP contribution in [0.25, 0.3) is 0 Å². The van der Waals surface area contributed by atoms with Crippen molar-refractivity contribution in [1.82, 2.24) is 14.8 Å². The van der Waals surface area contributed by atoms with Crippen LogP contribution in [0.2, 0.25) is 0 Å². The second kappa shape index (κ2) is 6.21. The van der Waals surface area contributed by atoms with Gasteiger partial charge in [0.1, 0.15) is 0 Å². The number of piperidine rings is 3. The van der Waals surface area contributed by atoms with E-state index in [1.807, 2.05) is 18.2 Å². The summed E-state index contributed by atoms with van der Waals surface area (Å²) in [4.78, 5) is 22.2. The van der Waals surface area contributed by atoms with Gasteiger partial charge in [-0.1, -0.05) is 6.07 Å². The summed E-state index contributed by atoms with van der Waals surface area (Å²) in [6.45, 7) is 3.33. The minimum absolute atomic E-state index is 0.134. The lowest BCUT2D eigenvalue weighted by Crippen LogP contribution is -2.60. The van der Waals surface area contributed by atoms with Crippen molar-refractivity contribution in [2.24, 2.45) is 5.92 Å². The van der Waals surface area contributed by atoms with Crippen LogP contribution < -0.4 is 9.47 Å². The maximum Gasteiger partial charge on any atom is 0.254 e. The summed E-state index contributed by atoms with van der Waals surface area (Å²) in [6.07, 6.45) is 5.78. The average molecular weight is 377 g/mol. The molecule has 144 valence electrons. The molecule has 0 spiro atoms. The van der Waals surface area contributed by atoms with Gasteiger partial charge in [0.15, 0.2) is 11.5 Å². The third-order valence-electron chi connectivity index (χ3n) is 7.01. The van der Waals surface area contributed by atoms with Gasteiger partial charge < -0.3 is 14.4 Å². The van der Waals surface area contributed by atoms with E-state index in [0.29, 0.717) is 23.9 Å². The van der Waals surface area contributed by atoms with Gasteiger partial charge >= 0.3 is 0 Å². The third kappa shape index (κ3) is 2.37. The van der Waals surface area contributed by atoms with E-state index in [2.05, 4.69) is 26.9 Å². The highest BCUT2D eigenvalue weighted by atomic mass is 16.7. The van der Waals surface area contributed by atoms with Crippen molar-refractivity contribution in [1.29, 1.82) is 0 Å². The van der Waals surface area contributed by atoms with Crippen molar-refractivity contribution in [2.45, 2.75) is 30.8 Å². The monoisotopic (exact) mass is 377 g/mol. The zero-order chi connectivity index (χ0) is 18.7. The van der Waals surface area contributed by atoms with Gasteiger partial charge in [-0.25, -0.2) is 0 Å². The Kier molecular flexibility index (Phi) is 3.63. The highest BCUT2D eigenvalue weighted by Crippen LogP contribution is 2.48. The molecule has 5 aliphatic rings. The number of ether oxygens (including phenoxy) is 2. The summed E-state index contributed by atoms with van der Waals surface area (Å²) in [5.41, 5.74) is 1.98. The SMILES string of the molecule is O=C(c1ccncc1)N1C[C@H](c2ccc3c(c2)OCO3)[C@H]2[C@@H]1C1CCN2CC1. The molecule has 1 aromatic heterocycles. The first-order valence-electron chi connectivity index (χ1n) is 10.1. The Morgan fingerprint density at radius 1 is 1.00 bits per heavy atom. The van der Waals surface area contributed by atoms with Crippen molar-refractivity contribution in [2.75, 3.05) is 26.4 Å². The molecule has 1 aromatic carbocycles. The van der Waals surface area contributed by atoms with Gasteiger partial charge in [-0.3, -0.25) is 14.7 Å². The number of hydrogen-bond acceptors (Lipinski definition) is 5.